The van der Waals surface area contributed by atoms with Crippen LogP contribution in [0, 0.1) is 6.10 Å². The second-order valence-corrected chi connectivity index (χ2v) is 2.13. The van der Waals surface area contributed by atoms with Crippen LogP contribution in [0.1, 0.15) is 32.1 Å². The maximum Gasteiger partial charge on any atom is 0 e. The Kier molecular flexibility index (Phi) is 16.2. The molecule has 5 N–H and O–H groups in total. The van der Waals surface area contributed by atoms with Crippen LogP contribution in [-0.2, 0) is 21.1 Å². The minimum Gasteiger partial charge on any atom is -0.693 e. The summed E-state index contributed by atoms with van der Waals surface area (Å²) in [4.78, 5) is 0. The van der Waals surface area contributed by atoms with Crippen molar-refractivity contribution >= 4 is 0 Å². The second kappa shape index (κ2) is 9.57. The number of rotatable bonds is 0. The molecule has 0 saturated heterocycles. The molecule has 0 aromatic carbocycles. The third kappa shape index (κ3) is 6.69. The normalized spacial score (nSPS) is 17.7. The van der Waals surface area contributed by atoms with Crippen molar-refractivity contribution in [2.24, 2.45) is 0 Å². The van der Waals surface area contributed by atoms with Gasteiger partial charge in [-0.05, 0) is 0 Å². The van der Waals surface area contributed by atoms with E-state index in [0.29, 0.717) is 6.10 Å². The third-order valence-electron chi connectivity index (χ3n) is 1.43. The molecule has 0 amide bonds. The van der Waals surface area contributed by atoms with Gasteiger partial charge in [0.05, 0.1) is 0 Å². The van der Waals surface area contributed by atoms with Gasteiger partial charge in [0.25, 0.3) is 0 Å². The van der Waals surface area contributed by atoms with Crippen molar-refractivity contribution in [2.45, 2.75) is 32.1 Å². The van der Waals surface area contributed by atoms with Gasteiger partial charge in [-0.25, -0.2) is 6.10 Å². The van der Waals surface area contributed by atoms with Gasteiger partial charge in [-0.3, -0.25) is 0 Å². The van der Waals surface area contributed by atoms with Crippen LogP contribution in [0.2, 0.25) is 0 Å². The standard InChI is InChI=1S/C6H11O.2H2N.Pt/c7-6-4-2-1-3-5-6;;;/h7H,1-5H2;2*1H2;/q3*-1;. The van der Waals surface area contributed by atoms with E-state index in [4.69, 9.17) is 5.11 Å². The predicted molar refractivity (Wildman–Crippen MR) is 38.8 cm³/mol. The van der Waals surface area contributed by atoms with Gasteiger partial charge in [-0.15, -0.1) is 0 Å². The van der Waals surface area contributed by atoms with Gasteiger partial charge in [0.15, 0.2) is 0 Å². The summed E-state index contributed by atoms with van der Waals surface area (Å²) in [5, 5.41) is 8.83. The minimum atomic E-state index is 0. The van der Waals surface area contributed by atoms with Crippen molar-refractivity contribution in [3.05, 3.63) is 18.4 Å². The molecule has 0 bridgehead atoms. The molecule has 1 aliphatic carbocycles. The van der Waals surface area contributed by atoms with E-state index >= 15 is 0 Å². The largest absolute Gasteiger partial charge is 0.693 e. The van der Waals surface area contributed by atoms with Gasteiger partial charge in [-0.1, -0.05) is 19.3 Å². The Hall–Kier alpha value is 0.568. The fourth-order valence-electron chi connectivity index (χ4n) is 0.960. The molecule has 68 valence electrons. The molecule has 0 aromatic rings. The summed E-state index contributed by atoms with van der Waals surface area (Å²) in [6.45, 7) is 0. The molecule has 3 nitrogen and oxygen atoms in total. The van der Waals surface area contributed by atoms with Gasteiger partial charge < -0.3 is 17.4 Å². The number of hydrogen-bond donors (Lipinski definition) is 1. The van der Waals surface area contributed by atoms with Crippen LogP contribution in [0.15, 0.2) is 0 Å². The molecular weight excluding hydrogens is 311 g/mol. The zero-order chi connectivity index (χ0) is 5.11. The second-order valence-electron chi connectivity index (χ2n) is 2.13. The first kappa shape index (κ1) is 16.9. The Bertz CT molecular complexity index is 57.7. The van der Waals surface area contributed by atoms with Crippen LogP contribution in [-0.4, -0.2) is 5.11 Å². The van der Waals surface area contributed by atoms with Gasteiger partial charge in [-0.2, -0.15) is 12.8 Å². The van der Waals surface area contributed by atoms with Gasteiger partial charge in [0.1, 0.15) is 0 Å². The molecule has 0 aliphatic heterocycles. The summed E-state index contributed by atoms with van der Waals surface area (Å²) >= 11 is 0. The van der Waals surface area contributed by atoms with Crippen molar-refractivity contribution in [1.82, 2.24) is 0 Å². The smallest absolute Gasteiger partial charge is 0 e. The number of nitrogens with two attached hydrogens (primary N) is 2. The van der Waals surface area contributed by atoms with E-state index in [0.717, 1.165) is 12.8 Å². The summed E-state index contributed by atoms with van der Waals surface area (Å²) in [6, 6.07) is 0. The number of aliphatic hydroxyl groups excluding tert-OH is 1. The van der Waals surface area contributed by atoms with E-state index in [1.54, 1.807) is 0 Å². The van der Waals surface area contributed by atoms with Crippen molar-refractivity contribution < 1.29 is 26.2 Å². The Morgan fingerprint density at radius 3 is 1.50 bits per heavy atom. The van der Waals surface area contributed by atoms with Crippen LogP contribution < -0.4 is 0 Å². The van der Waals surface area contributed by atoms with E-state index in [-0.39, 0.29) is 33.4 Å². The van der Waals surface area contributed by atoms with Crippen LogP contribution in [0.25, 0.3) is 12.3 Å². The topological polar surface area (TPSA) is 87.2 Å². The van der Waals surface area contributed by atoms with E-state index in [1.807, 2.05) is 0 Å². The fourth-order valence-corrected chi connectivity index (χ4v) is 0.960. The maximum atomic E-state index is 8.83. The molecule has 0 aromatic heterocycles. The summed E-state index contributed by atoms with van der Waals surface area (Å²) in [6.07, 6.45) is 6.34. The first-order valence-corrected chi connectivity index (χ1v) is 2.93. The molecule has 10 heavy (non-hydrogen) atoms. The summed E-state index contributed by atoms with van der Waals surface area (Å²) < 4.78 is 0. The average Bonchev–Trinajstić information content (AvgIpc) is 1.69. The molecular formula is C6H15N2OPt-3. The Labute approximate surface area is 77.0 Å². The van der Waals surface area contributed by atoms with Gasteiger partial charge >= 0.3 is 0 Å². The summed E-state index contributed by atoms with van der Waals surface area (Å²) in [7, 11) is 0. The molecule has 0 heterocycles. The van der Waals surface area contributed by atoms with E-state index < -0.39 is 0 Å². The quantitative estimate of drug-likeness (QED) is 0.680. The predicted octanol–water partition coefficient (Wildman–Crippen LogP) is 3.29. The zero-order valence-corrected chi connectivity index (χ0v) is 8.23. The van der Waals surface area contributed by atoms with Crippen molar-refractivity contribution in [1.29, 1.82) is 0 Å². The van der Waals surface area contributed by atoms with Crippen LogP contribution in [0.3, 0.4) is 0 Å². The third-order valence-corrected chi connectivity index (χ3v) is 1.43. The van der Waals surface area contributed by atoms with Crippen LogP contribution in [0.5, 0.6) is 0 Å². The van der Waals surface area contributed by atoms with Crippen LogP contribution >= 0.6 is 0 Å². The molecule has 0 atom stereocenters. The van der Waals surface area contributed by atoms with E-state index in [1.165, 1.54) is 19.3 Å². The molecule has 0 unspecified atom stereocenters. The molecule has 1 rings (SSSR count). The first-order valence-electron chi connectivity index (χ1n) is 2.93. The molecule has 0 spiro atoms. The summed E-state index contributed by atoms with van der Waals surface area (Å²) in [5.41, 5.74) is 0. The van der Waals surface area contributed by atoms with Crippen molar-refractivity contribution in [2.75, 3.05) is 0 Å². The molecule has 0 radical (unpaired) electrons. The monoisotopic (exact) mass is 326 g/mol. The zero-order valence-electron chi connectivity index (χ0n) is 5.95. The Morgan fingerprint density at radius 1 is 0.900 bits per heavy atom. The number of aliphatic hydroxyl groups is 1. The summed E-state index contributed by atoms with van der Waals surface area (Å²) in [5.74, 6) is 0. The van der Waals surface area contributed by atoms with E-state index in [9.17, 15) is 0 Å². The maximum absolute atomic E-state index is 8.83. The number of hydrogen-bond acceptors (Lipinski definition) is 1. The minimum absolute atomic E-state index is 0. The Balaban J connectivity index is -0.000000163. The van der Waals surface area contributed by atoms with Crippen molar-refractivity contribution in [3.63, 3.8) is 0 Å². The molecule has 4 heteroatoms. The molecule has 1 fully saturated rings. The molecule has 1 aliphatic rings. The van der Waals surface area contributed by atoms with E-state index in [2.05, 4.69) is 0 Å². The fraction of sp³-hybridized carbons (Fsp3) is 0.833. The van der Waals surface area contributed by atoms with Gasteiger partial charge in [0, 0.05) is 21.1 Å². The van der Waals surface area contributed by atoms with Gasteiger partial charge in [0.2, 0.25) is 0 Å². The first-order chi connectivity index (χ1) is 3.39. The van der Waals surface area contributed by atoms with Crippen molar-refractivity contribution in [3.8, 4) is 0 Å². The van der Waals surface area contributed by atoms with Crippen LogP contribution in [0.4, 0.5) is 0 Å². The molecule has 1 saturated carbocycles. The Morgan fingerprint density at radius 2 is 1.30 bits per heavy atom. The average molecular weight is 326 g/mol. The SMILES string of the molecule is O[C-]1CCCCC1.[NH2-].[NH2-].[Pt].